The van der Waals surface area contributed by atoms with E-state index in [9.17, 15) is 0 Å². The van der Waals surface area contributed by atoms with Gasteiger partial charge in [0, 0.05) is 32.8 Å². The lowest BCUT2D eigenvalue weighted by molar-refractivity contribution is 0.0909. The second-order valence-electron chi connectivity index (χ2n) is 4.90. The molecular weight excluding hydrogens is 240 g/mol. The normalized spacial score (nSPS) is 14.6. The largest absolute Gasteiger partial charge is 0.383 e. The van der Waals surface area contributed by atoms with Crippen LogP contribution in [0.2, 0.25) is 0 Å². The topological polar surface area (TPSA) is 47.7 Å². The fourth-order valence-corrected chi connectivity index (χ4v) is 2.26. The summed E-state index contributed by atoms with van der Waals surface area (Å²) in [4.78, 5) is 2.26. The zero-order chi connectivity index (χ0) is 14.3. The first-order chi connectivity index (χ1) is 9.13. The molecule has 0 spiro atoms. The van der Waals surface area contributed by atoms with Gasteiger partial charge in [-0.2, -0.15) is 0 Å². The van der Waals surface area contributed by atoms with Gasteiger partial charge in [0.15, 0.2) is 0 Å². The van der Waals surface area contributed by atoms with Gasteiger partial charge >= 0.3 is 0 Å². The third kappa shape index (κ3) is 4.58. The van der Waals surface area contributed by atoms with Crippen molar-refractivity contribution in [3.05, 3.63) is 35.4 Å². The van der Waals surface area contributed by atoms with Gasteiger partial charge < -0.3 is 15.2 Å². The van der Waals surface area contributed by atoms with Gasteiger partial charge in [-0.05, 0) is 25.1 Å². The van der Waals surface area contributed by atoms with E-state index in [-0.39, 0.29) is 6.04 Å². The molecule has 2 atom stereocenters. The Balaban J connectivity index is 2.86. The van der Waals surface area contributed by atoms with Gasteiger partial charge in [0.2, 0.25) is 0 Å². The van der Waals surface area contributed by atoms with E-state index in [1.54, 1.807) is 14.2 Å². The van der Waals surface area contributed by atoms with Crippen molar-refractivity contribution in [2.24, 2.45) is 5.73 Å². The van der Waals surface area contributed by atoms with Crippen LogP contribution in [0.5, 0.6) is 0 Å². The Morgan fingerprint density at radius 1 is 1.26 bits per heavy atom. The summed E-state index contributed by atoms with van der Waals surface area (Å²) < 4.78 is 10.4. The lowest BCUT2D eigenvalue weighted by Gasteiger charge is -2.32. The number of likely N-dealkylation sites (N-methyl/N-ethyl adjacent to an activating group) is 1. The lowest BCUT2D eigenvalue weighted by Crippen LogP contribution is -2.39. The van der Waals surface area contributed by atoms with Gasteiger partial charge in [0.25, 0.3) is 0 Å². The number of nitrogens with zero attached hydrogens (tertiary/aromatic N) is 1. The second kappa shape index (κ2) is 8.27. The van der Waals surface area contributed by atoms with Gasteiger partial charge in [-0.15, -0.1) is 0 Å². The van der Waals surface area contributed by atoms with Crippen molar-refractivity contribution in [2.45, 2.75) is 25.6 Å². The minimum atomic E-state index is 0.196. The number of benzene rings is 1. The van der Waals surface area contributed by atoms with Crippen molar-refractivity contribution in [1.82, 2.24) is 4.90 Å². The van der Waals surface area contributed by atoms with Gasteiger partial charge in [-0.25, -0.2) is 0 Å². The van der Waals surface area contributed by atoms with Crippen LogP contribution in [0, 0.1) is 0 Å². The lowest BCUT2D eigenvalue weighted by atomic mass is 10.0. The van der Waals surface area contributed by atoms with E-state index in [1.165, 1.54) is 11.1 Å². The summed E-state index contributed by atoms with van der Waals surface area (Å²) in [6.07, 6.45) is 0. The predicted molar refractivity (Wildman–Crippen MR) is 78.1 cm³/mol. The summed E-state index contributed by atoms with van der Waals surface area (Å²) in [6, 6.07) is 8.93. The Bertz CT molecular complexity index is 371. The molecule has 108 valence electrons. The van der Waals surface area contributed by atoms with Gasteiger partial charge in [0.1, 0.15) is 0 Å². The van der Waals surface area contributed by atoms with Crippen LogP contribution in [0.3, 0.4) is 0 Å². The maximum Gasteiger partial charge on any atom is 0.0713 e. The zero-order valence-electron chi connectivity index (χ0n) is 12.4. The molecule has 1 aromatic rings. The average Bonchev–Trinajstić information content (AvgIpc) is 2.40. The molecule has 0 aliphatic rings. The standard InChI is InChI=1S/C15H26N2O2/c1-12(10-18-3)17(2)15(9-16)14-7-5-6-13(8-14)11-19-4/h5-8,12,15H,9-11,16H2,1-4H3. The molecule has 0 heterocycles. The predicted octanol–water partition coefficient (Wildman–Crippen LogP) is 1.80. The van der Waals surface area contributed by atoms with E-state index in [1.807, 2.05) is 0 Å². The maximum atomic E-state index is 5.95. The Labute approximate surface area is 116 Å². The molecule has 0 bridgehead atoms. The molecular formula is C15H26N2O2. The number of ether oxygens (including phenoxy) is 2. The summed E-state index contributed by atoms with van der Waals surface area (Å²) in [7, 11) is 5.52. The van der Waals surface area contributed by atoms with Crippen molar-refractivity contribution in [3.63, 3.8) is 0 Å². The molecule has 2 N–H and O–H groups in total. The van der Waals surface area contributed by atoms with E-state index in [0.717, 1.165) is 0 Å². The molecule has 0 aliphatic heterocycles. The van der Waals surface area contributed by atoms with Crippen LogP contribution in [0.25, 0.3) is 0 Å². The zero-order valence-corrected chi connectivity index (χ0v) is 12.4. The van der Waals surface area contributed by atoms with E-state index in [4.69, 9.17) is 15.2 Å². The highest BCUT2D eigenvalue weighted by Gasteiger charge is 2.20. The molecule has 0 saturated heterocycles. The second-order valence-corrected chi connectivity index (χ2v) is 4.90. The highest BCUT2D eigenvalue weighted by atomic mass is 16.5. The van der Waals surface area contributed by atoms with Crippen molar-refractivity contribution in [2.75, 3.05) is 34.4 Å². The molecule has 4 heteroatoms. The first kappa shape index (κ1) is 16.1. The summed E-state index contributed by atoms with van der Waals surface area (Å²) in [5, 5.41) is 0. The molecule has 0 aromatic heterocycles. The minimum absolute atomic E-state index is 0.196. The highest BCUT2D eigenvalue weighted by molar-refractivity contribution is 5.26. The molecule has 2 unspecified atom stereocenters. The Morgan fingerprint density at radius 2 is 2.00 bits per heavy atom. The number of methoxy groups -OCH3 is 2. The Morgan fingerprint density at radius 3 is 2.58 bits per heavy atom. The van der Waals surface area contributed by atoms with Crippen molar-refractivity contribution in [1.29, 1.82) is 0 Å². The van der Waals surface area contributed by atoms with E-state index in [0.29, 0.717) is 25.8 Å². The molecule has 0 aliphatic carbocycles. The Hall–Kier alpha value is -0.940. The van der Waals surface area contributed by atoms with Crippen LogP contribution in [-0.2, 0) is 16.1 Å². The highest BCUT2D eigenvalue weighted by Crippen LogP contribution is 2.21. The van der Waals surface area contributed by atoms with Crippen LogP contribution < -0.4 is 5.73 Å². The van der Waals surface area contributed by atoms with Crippen molar-refractivity contribution in [3.8, 4) is 0 Å². The van der Waals surface area contributed by atoms with Crippen LogP contribution in [-0.4, -0.2) is 45.4 Å². The molecule has 1 aromatic carbocycles. The molecule has 0 amide bonds. The van der Waals surface area contributed by atoms with Crippen LogP contribution in [0.15, 0.2) is 24.3 Å². The van der Waals surface area contributed by atoms with Crippen LogP contribution >= 0.6 is 0 Å². The SMILES string of the molecule is COCc1cccc(C(CN)N(C)C(C)COC)c1. The fourth-order valence-electron chi connectivity index (χ4n) is 2.26. The summed E-state index contributed by atoms with van der Waals surface area (Å²) in [6.45, 7) is 4.05. The van der Waals surface area contributed by atoms with E-state index < -0.39 is 0 Å². The molecule has 4 nitrogen and oxygen atoms in total. The molecule has 0 radical (unpaired) electrons. The average molecular weight is 266 g/mol. The summed E-state index contributed by atoms with van der Waals surface area (Å²) in [5.74, 6) is 0. The quantitative estimate of drug-likeness (QED) is 0.779. The molecule has 0 fully saturated rings. The van der Waals surface area contributed by atoms with E-state index in [2.05, 4.69) is 43.1 Å². The van der Waals surface area contributed by atoms with Gasteiger partial charge in [-0.3, -0.25) is 4.90 Å². The van der Waals surface area contributed by atoms with E-state index >= 15 is 0 Å². The smallest absolute Gasteiger partial charge is 0.0713 e. The molecule has 0 saturated carbocycles. The van der Waals surface area contributed by atoms with Gasteiger partial charge in [-0.1, -0.05) is 24.3 Å². The maximum absolute atomic E-state index is 5.95. The molecule has 19 heavy (non-hydrogen) atoms. The monoisotopic (exact) mass is 266 g/mol. The first-order valence-electron chi connectivity index (χ1n) is 6.62. The summed E-state index contributed by atoms with van der Waals surface area (Å²) in [5.41, 5.74) is 8.35. The Kier molecular flexibility index (Phi) is 7.02. The molecule has 1 rings (SSSR count). The number of nitrogens with two attached hydrogens (primary N) is 1. The van der Waals surface area contributed by atoms with Gasteiger partial charge in [0.05, 0.1) is 13.2 Å². The number of hydrogen-bond donors (Lipinski definition) is 1. The first-order valence-corrected chi connectivity index (χ1v) is 6.62. The number of hydrogen-bond acceptors (Lipinski definition) is 4. The van der Waals surface area contributed by atoms with Crippen LogP contribution in [0.1, 0.15) is 24.1 Å². The minimum Gasteiger partial charge on any atom is -0.383 e. The third-order valence-electron chi connectivity index (χ3n) is 3.46. The van der Waals surface area contributed by atoms with Crippen molar-refractivity contribution < 1.29 is 9.47 Å². The van der Waals surface area contributed by atoms with Crippen LogP contribution in [0.4, 0.5) is 0 Å². The fraction of sp³-hybridized carbons (Fsp3) is 0.600. The van der Waals surface area contributed by atoms with Crippen molar-refractivity contribution >= 4 is 0 Å². The number of rotatable bonds is 8. The summed E-state index contributed by atoms with van der Waals surface area (Å²) >= 11 is 0. The third-order valence-corrected chi connectivity index (χ3v) is 3.46.